The van der Waals surface area contributed by atoms with Gasteiger partial charge in [-0.1, -0.05) is 6.92 Å². The van der Waals surface area contributed by atoms with Crippen LogP contribution in [-0.4, -0.2) is 53.5 Å². The predicted molar refractivity (Wildman–Crippen MR) is 76.7 cm³/mol. The van der Waals surface area contributed by atoms with Crippen molar-refractivity contribution in [1.82, 2.24) is 5.32 Å². The molecule has 1 aliphatic rings. The van der Waals surface area contributed by atoms with Crippen molar-refractivity contribution in [2.45, 2.75) is 44.9 Å². The van der Waals surface area contributed by atoms with Gasteiger partial charge in [0.15, 0.2) is 0 Å². The topological polar surface area (TPSA) is 84.9 Å². The van der Waals surface area contributed by atoms with E-state index in [9.17, 15) is 14.7 Å². The van der Waals surface area contributed by atoms with E-state index in [0.717, 1.165) is 17.9 Å². The van der Waals surface area contributed by atoms with Crippen molar-refractivity contribution >= 4 is 23.6 Å². The summed E-state index contributed by atoms with van der Waals surface area (Å²) in [6, 6.07) is -0.140. The Morgan fingerprint density at radius 1 is 1.55 bits per heavy atom. The first-order valence-electron chi connectivity index (χ1n) is 6.86. The summed E-state index contributed by atoms with van der Waals surface area (Å²) in [5, 5.41) is 12.0. The van der Waals surface area contributed by atoms with Gasteiger partial charge in [-0.05, 0) is 24.3 Å². The summed E-state index contributed by atoms with van der Waals surface area (Å²) in [5.74, 6) is -0.799. The lowest BCUT2D eigenvalue weighted by molar-refractivity contribution is -0.260. The number of nitrogens with one attached hydrogen (secondary N) is 1. The van der Waals surface area contributed by atoms with E-state index in [0.29, 0.717) is 13.0 Å². The van der Waals surface area contributed by atoms with E-state index in [4.69, 9.17) is 9.47 Å². The molecule has 0 aromatic heterocycles. The van der Waals surface area contributed by atoms with Gasteiger partial charge in [0.25, 0.3) is 5.79 Å². The second-order valence-electron chi connectivity index (χ2n) is 4.70. The van der Waals surface area contributed by atoms with E-state index in [1.54, 1.807) is 11.8 Å². The molecule has 1 heterocycles. The normalized spacial score (nSPS) is 26.2. The Bertz CT molecular complexity index is 329. The highest BCUT2D eigenvalue weighted by atomic mass is 32.2. The van der Waals surface area contributed by atoms with E-state index >= 15 is 0 Å². The molecule has 20 heavy (non-hydrogen) atoms. The van der Waals surface area contributed by atoms with Crippen molar-refractivity contribution in [3.05, 3.63) is 0 Å². The lowest BCUT2D eigenvalue weighted by Crippen LogP contribution is -2.53. The molecule has 1 aliphatic heterocycles. The maximum atomic E-state index is 11.4. The molecule has 2 atom stereocenters. The zero-order valence-electron chi connectivity index (χ0n) is 12.0. The number of hydrogen-bond acceptors (Lipinski definition) is 5. The molecule has 1 amide bonds. The average Bonchev–Trinajstić information content (AvgIpc) is 2.40. The molecule has 0 aromatic carbocycles. The van der Waals surface area contributed by atoms with Crippen LogP contribution in [0.4, 0.5) is 0 Å². The number of rotatable bonds is 8. The number of carbonyl (C=O) groups excluding carboxylic acids is 1. The van der Waals surface area contributed by atoms with Gasteiger partial charge in [0.1, 0.15) is 0 Å². The van der Waals surface area contributed by atoms with Gasteiger partial charge in [-0.3, -0.25) is 4.79 Å². The lowest BCUT2D eigenvalue weighted by atomic mass is 10.0. The predicted octanol–water partition coefficient (Wildman–Crippen LogP) is 1.24. The zero-order chi connectivity index (χ0) is 15.0. The Balaban J connectivity index is 2.41. The number of thioether (sulfide) groups is 1. The van der Waals surface area contributed by atoms with Crippen LogP contribution in [0, 0.1) is 0 Å². The van der Waals surface area contributed by atoms with E-state index in [2.05, 4.69) is 12.2 Å². The highest BCUT2D eigenvalue weighted by Crippen LogP contribution is 2.27. The van der Waals surface area contributed by atoms with Crippen LogP contribution in [0.15, 0.2) is 0 Å². The van der Waals surface area contributed by atoms with Crippen LogP contribution in [0.2, 0.25) is 0 Å². The molecular formula is C13H23NO5S. The van der Waals surface area contributed by atoms with Gasteiger partial charge in [-0.2, -0.15) is 11.8 Å². The summed E-state index contributed by atoms with van der Waals surface area (Å²) in [4.78, 5) is 22.3. The first kappa shape index (κ1) is 17.3. The van der Waals surface area contributed by atoms with Crippen LogP contribution in [0.3, 0.4) is 0 Å². The minimum Gasteiger partial charge on any atom is -0.477 e. The van der Waals surface area contributed by atoms with Crippen molar-refractivity contribution in [2.24, 2.45) is 0 Å². The molecule has 1 fully saturated rings. The summed E-state index contributed by atoms with van der Waals surface area (Å²) in [7, 11) is 0. The average molecular weight is 305 g/mol. The lowest BCUT2D eigenvalue weighted by Gasteiger charge is -2.36. The van der Waals surface area contributed by atoms with Gasteiger partial charge in [0.2, 0.25) is 5.91 Å². The Kier molecular flexibility index (Phi) is 7.32. The fourth-order valence-electron chi connectivity index (χ4n) is 2.04. The molecule has 1 rings (SSSR count). The van der Waals surface area contributed by atoms with Crippen LogP contribution < -0.4 is 5.32 Å². The number of carbonyl (C=O) groups is 2. The Morgan fingerprint density at radius 2 is 2.30 bits per heavy atom. The molecule has 0 radical (unpaired) electrons. The molecule has 0 aromatic rings. The summed E-state index contributed by atoms with van der Waals surface area (Å²) in [6.07, 6.45) is 1.58. The summed E-state index contributed by atoms with van der Waals surface area (Å²) in [5.41, 5.74) is 0. The van der Waals surface area contributed by atoms with Crippen LogP contribution in [0.1, 0.15) is 33.1 Å². The van der Waals surface area contributed by atoms with Crippen LogP contribution in [0.5, 0.6) is 0 Å². The van der Waals surface area contributed by atoms with Crippen LogP contribution in [0.25, 0.3) is 0 Å². The second kappa shape index (κ2) is 8.49. The molecule has 0 bridgehead atoms. The molecule has 0 spiro atoms. The first-order valence-corrected chi connectivity index (χ1v) is 8.02. The molecule has 116 valence electrons. The number of carboxylic acid groups (broad SMARTS) is 1. The molecule has 0 aliphatic carbocycles. The number of carboxylic acids is 1. The maximum Gasteiger partial charge on any atom is 0.364 e. The largest absolute Gasteiger partial charge is 0.477 e. The van der Waals surface area contributed by atoms with Crippen molar-refractivity contribution in [3.63, 3.8) is 0 Å². The third-order valence-corrected chi connectivity index (χ3v) is 4.03. The standard InChI is InChI=1S/C13H23NO5S/c1-3-20-8-4-7-18-13(12(16)17)6-5-11(9-19-13)14-10(2)15/h11H,3-9H2,1-2H3,(H,14,15)(H,16,17)/t11?,13-/m1/s1. The highest BCUT2D eigenvalue weighted by molar-refractivity contribution is 7.99. The van der Waals surface area contributed by atoms with Crippen molar-refractivity contribution in [2.75, 3.05) is 24.7 Å². The van der Waals surface area contributed by atoms with Crippen molar-refractivity contribution in [3.8, 4) is 0 Å². The first-order chi connectivity index (χ1) is 9.50. The molecular weight excluding hydrogens is 282 g/mol. The quantitative estimate of drug-likeness (QED) is 0.656. The summed E-state index contributed by atoms with van der Waals surface area (Å²) >= 11 is 1.79. The van der Waals surface area contributed by atoms with Crippen molar-refractivity contribution < 1.29 is 24.2 Å². The second-order valence-corrected chi connectivity index (χ2v) is 6.10. The van der Waals surface area contributed by atoms with Gasteiger partial charge in [0, 0.05) is 13.3 Å². The number of hydrogen-bond donors (Lipinski definition) is 2. The molecule has 2 N–H and O–H groups in total. The number of amides is 1. The van der Waals surface area contributed by atoms with Crippen LogP contribution >= 0.6 is 11.8 Å². The van der Waals surface area contributed by atoms with E-state index in [1.807, 2.05) is 0 Å². The van der Waals surface area contributed by atoms with Gasteiger partial charge in [0.05, 0.1) is 19.3 Å². The maximum absolute atomic E-state index is 11.4. The fourth-order valence-corrected chi connectivity index (χ4v) is 2.65. The molecule has 6 nitrogen and oxygen atoms in total. The number of ether oxygens (including phenoxy) is 2. The molecule has 7 heteroatoms. The van der Waals surface area contributed by atoms with Gasteiger partial charge in [-0.25, -0.2) is 4.79 Å². The van der Waals surface area contributed by atoms with Crippen molar-refractivity contribution in [1.29, 1.82) is 0 Å². The highest BCUT2D eigenvalue weighted by Gasteiger charge is 2.45. The smallest absolute Gasteiger partial charge is 0.364 e. The van der Waals surface area contributed by atoms with E-state index < -0.39 is 11.8 Å². The van der Waals surface area contributed by atoms with E-state index in [1.165, 1.54) is 6.92 Å². The monoisotopic (exact) mass is 305 g/mol. The third kappa shape index (κ3) is 5.30. The summed E-state index contributed by atoms with van der Waals surface area (Å²) < 4.78 is 10.9. The van der Waals surface area contributed by atoms with Gasteiger partial charge in [-0.15, -0.1) is 0 Å². The molecule has 1 saturated heterocycles. The SMILES string of the molecule is CCSCCCO[C@]1(C(=O)O)CCC(NC(C)=O)CO1. The third-order valence-electron chi connectivity index (χ3n) is 3.05. The van der Waals surface area contributed by atoms with Gasteiger partial charge < -0.3 is 19.9 Å². The minimum atomic E-state index is -1.55. The summed E-state index contributed by atoms with van der Waals surface area (Å²) in [6.45, 7) is 4.04. The number of aliphatic carboxylic acids is 1. The molecule has 0 saturated carbocycles. The van der Waals surface area contributed by atoms with E-state index in [-0.39, 0.29) is 25.0 Å². The Labute approximate surface area is 123 Å². The Morgan fingerprint density at radius 3 is 2.80 bits per heavy atom. The zero-order valence-corrected chi connectivity index (χ0v) is 12.8. The fraction of sp³-hybridized carbons (Fsp3) is 0.846. The van der Waals surface area contributed by atoms with Crippen LogP contribution in [-0.2, 0) is 19.1 Å². The van der Waals surface area contributed by atoms with Gasteiger partial charge >= 0.3 is 5.97 Å². The Hall–Kier alpha value is -0.790. The molecule has 1 unspecified atom stereocenters. The minimum absolute atomic E-state index is 0.140.